The molecule has 23 heavy (non-hydrogen) atoms. The Labute approximate surface area is 137 Å². The van der Waals surface area contributed by atoms with Crippen LogP contribution in [0.1, 0.15) is 11.1 Å². The number of oxazole rings is 1. The molecule has 0 fully saturated rings. The van der Waals surface area contributed by atoms with E-state index in [1.165, 1.54) is 0 Å². The molecule has 0 bridgehead atoms. The van der Waals surface area contributed by atoms with E-state index < -0.39 is 5.76 Å². The number of nitrogens with one attached hydrogen (secondary N) is 2. The van der Waals surface area contributed by atoms with E-state index in [1.807, 2.05) is 24.3 Å². The number of halogens is 1. The third kappa shape index (κ3) is 4.02. The van der Waals surface area contributed by atoms with Crippen molar-refractivity contribution in [2.45, 2.75) is 12.8 Å². The Balaban J connectivity index is 1.52. The second-order valence-corrected chi connectivity index (χ2v) is 5.68. The van der Waals surface area contributed by atoms with E-state index in [2.05, 4.69) is 10.3 Å². The lowest BCUT2D eigenvalue weighted by atomic mass is 10.1. The molecule has 5 nitrogen and oxygen atoms in total. The van der Waals surface area contributed by atoms with Crippen molar-refractivity contribution in [3.63, 3.8) is 0 Å². The van der Waals surface area contributed by atoms with Crippen molar-refractivity contribution in [2.75, 3.05) is 6.54 Å². The molecule has 6 heteroatoms. The van der Waals surface area contributed by atoms with Gasteiger partial charge in [0.15, 0.2) is 5.58 Å². The molecule has 3 rings (SSSR count). The minimum absolute atomic E-state index is 0.0369. The highest BCUT2D eigenvalue weighted by atomic mass is 35.5. The third-order valence-electron chi connectivity index (χ3n) is 3.50. The fourth-order valence-corrected chi connectivity index (χ4v) is 2.48. The average Bonchev–Trinajstić information content (AvgIpc) is 2.89. The summed E-state index contributed by atoms with van der Waals surface area (Å²) in [5.74, 6) is -0.501. The van der Waals surface area contributed by atoms with E-state index in [9.17, 15) is 9.59 Å². The Morgan fingerprint density at radius 1 is 1.13 bits per heavy atom. The molecule has 1 heterocycles. The smallest absolute Gasteiger partial charge is 0.408 e. The van der Waals surface area contributed by atoms with Crippen LogP contribution in [-0.2, 0) is 17.6 Å². The summed E-state index contributed by atoms with van der Waals surface area (Å²) in [6.07, 6.45) is 1.00. The highest BCUT2D eigenvalue weighted by Crippen LogP contribution is 2.12. The summed E-state index contributed by atoms with van der Waals surface area (Å²) in [4.78, 5) is 25.6. The lowest BCUT2D eigenvalue weighted by Crippen LogP contribution is -2.27. The van der Waals surface area contributed by atoms with Crippen molar-refractivity contribution >= 4 is 28.6 Å². The molecule has 1 amide bonds. The number of H-pyrrole nitrogens is 1. The van der Waals surface area contributed by atoms with Crippen molar-refractivity contribution < 1.29 is 9.21 Å². The van der Waals surface area contributed by atoms with Crippen LogP contribution in [0.15, 0.2) is 51.7 Å². The van der Waals surface area contributed by atoms with Crippen LogP contribution in [0.3, 0.4) is 0 Å². The van der Waals surface area contributed by atoms with Gasteiger partial charge in [-0.05, 0) is 41.8 Å². The van der Waals surface area contributed by atoms with Gasteiger partial charge < -0.3 is 9.73 Å². The SMILES string of the molecule is O=C(Cc1ccc(Cl)cc1)NCCc1ccc2oc(=O)[nH]c2c1. The van der Waals surface area contributed by atoms with Gasteiger partial charge in [-0.25, -0.2) is 4.79 Å². The molecule has 0 radical (unpaired) electrons. The molecule has 118 valence electrons. The molecule has 0 aliphatic carbocycles. The third-order valence-corrected chi connectivity index (χ3v) is 3.75. The Kier molecular flexibility index (Phi) is 4.48. The van der Waals surface area contributed by atoms with E-state index in [0.717, 1.165) is 11.1 Å². The van der Waals surface area contributed by atoms with Crippen molar-refractivity contribution in [3.8, 4) is 0 Å². The molecule has 2 N–H and O–H groups in total. The number of hydrogen-bond acceptors (Lipinski definition) is 3. The standard InChI is InChI=1S/C17H15ClN2O3/c18-13-4-1-11(2-5-13)10-16(21)19-8-7-12-3-6-15-14(9-12)20-17(22)23-15/h1-6,9H,7-8,10H2,(H,19,21)(H,20,22). The first-order valence-electron chi connectivity index (χ1n) is 7.23. The zero-order valence-corrected chi connectivity index (χ0v) is 13.0. The topological polar surface area (TPSA) is 75.1 Å². The molecule has 0 spiro atoms. The van der Waals surface area contributed by atoms with Gasteiger partial charge in [-0.1, -0.05) is 29.8 Å². The number of aromatic nitrogens is 1. The molecule has 0 aliphatic rings. The predicted molar refractivity (Wildman–Crippen MR) is 88.7 cm³/mol. The van der Waals surface area contributed by atoms with Crippen LogP contribution in [0.5, 0.6) is 0 Å². The summed E-state index contributed by atoms with van der Waals surface area (Å²) in [5, 5.41) is 3.53. The molecular weight excluding hydrogens is 316 g/mol. The van der Waals surface area contributed by atoms with Gasteiger partial charge in [0.25, 0.3) is 0 Å². The summed E-state index contributed by atoms with van der Waals surface area (Å²) < 4.78 is 4.95. The molecule has 0 atom stereocenters. The fraction of sp³-hybridized carbons (Fsp3) is 0.176. The van der Waals surface area contributed by atoms with E-state index >= 15 is 0 Å². The number of carbonyl (C=O) groups excluding carboxylic acids is 1. The van der Waals surface area contributed by atoms with Gasteiger partial charge in [-0.15, -0.1) is 0 Å². The fourth-order valence-electron chi connectivity index (χ4n) is 2.35. The first-order valence-corrected chi connectivity index (χ1v) is 7.61. The van der Waals surface area contributed by atoms with Gasteiger partial charge >= 0.3 is 5.76 Å². The molecule has 0 saturated heterocycles. The number of aromatic amines is 1. The van der Waals surface area contributed by atoms with Crippen LogP contribution in [0.4, 0.5) is 0 Å². The Hall–Kier alpha value is -2.53. The van der Waals surface area contributed by atoms with E-state index in [4.69, 9.17) is 16.0 Å². The largest absolute Gasteiger partial charge is 0.417 e. The van der Waals surface area contributed by atoms with Crippen LogP contribution in [-0.4, -0.2) is 17.4 Å². The van der Waals surface area contributed by atoms with Crippen molar-refractivity contribution in [2.24, 2.45) is 0 Å². The number of fused-ring (bicyclic) bond motifs is 1. The second kappa shape index (κ2) is 6.71. The normalized spacial score (nSPS) is 10.8. The molecular formula is C17H15ClN2O3. The quantitative estimate of drug-likeness (QED) is 0.755. The van der Waals surface area contributed by atoms with Crippen LogP contribution >= 0.6 is 11.6 Å². The predicted octanol–water partition coefficient (Wildman–Crippen LogP) is 2.68. The Morgan fingerprint density at radius 2 is 1.87 bits per heavy atom. The molecule has 0 unspecified atom stereocenters. The number of carbonyl (C=O) groups is 1. The summed E-state index contributed by atoms with van der Waals surface area (Å²) in [7, 11) is 0. The molecule has 0 aliphatic heterocycles. The van der Waals surface area contributed by atoms with Gasteiger partial charge in [0.05, 0.1) is 11.9 Å². The lowest BCUT2D eigenvalue weighted by molar-refractivity contribution is -0.120. The van der Waals surface area contributed by atoms with E-state index in [1.54, 1.807) is 18.2 Å². The monoisotopic (exact) mass is 330 g/mol. The molecule has 2 aromatic carbocycles. The van der Waals surface area contributed by atoms with Crippen molar-refractivity contribution in [1.29, 1.82) is 0 Å². The van der Waals surface area contributed by atoms with Crippen LogP contribution < -0.4 is 11.1 Å². The number of rotatable bonds is 5. The van der Waals surface area contributed by atoms with Crippen LogP contribution in [0, 0.1) is 0 Å². The maximum Gasteiger partial charge on any atom is 0.417 e. The highest BCUT2D eigenvalue weighted by Gasteiger charge is 2.05. The minimum atomic E-state index is -0.464. The summed E-state index contributed by atoms with van der Waals surface area (Å²) in [6, 6.07) is 12.7. The lowest BCUT2D eigenvalue weighted by Gasteiger charge is -2.06. The highest BCUT2D eigenvalue weighted by molar-refractivity contribution is 6.30. The number of benzene rings is 2. The number of hydrogen-bond donors (Lipinski definition) is 2. The van der Waals surface area contributed by atoms with E-state index in [-0.39, 0.29) is 5.91 Å². The van der Waals surface area contributed by atoms with Crippen molar-refractivity contribution in [3.05, 3.63) is 69.2 Å². The first-order chi connectivity index (χ1) is 11.1. The molecule has 3 aromatic rings. The van der Waals surface area contributed by atoms with Gasteiger partial charge in [0, 0.05) is 11.6 Å². The first kappa shape index (κ1) is 15.4. The van der Waals surface area contributed by atoms with Gasteiger partial charge in [0.2, 0.25) is 5.91 Å². The summed E-state index contributed by atoms with van der Waals surface area (Å²) in [6.45, 7) is 0.528. The molecule has 1 aromatic heterocycles. The second-order valence-electron chi connectivity index (χ2n) is 5.25. The maximum absolute atomic E-state index is 11.9. The Morgan fingerprint density at radius 3 is 2.65 bits per heavy atom. The van der Waals surface area contributed by atoms with Gasteiger partial charge in [0.1, 0.15) is 0 Å². The molecule has 0 saturated carbocycles. The Bertz CT molecular complexity index is 881. The van der Waals surface area contributed by atoms with Gasteiger partial charge in [-0.3, -0.25) is 9.78 Å². The number of amides is 1. The van der Waals surface area contributed by atoms with E-state index in [0.29, 0.717) is 35.5 Å². The van der Waals surface area contributed by atoms with Gasteiger partial charge in [-0.2, -0.15) is 0 Å². The minimum Gasteiger partial charge on any atom is -0.408 e. The van der Waals surface area contributed by atoms with Crippen LogP contribution in [0.25, 0.3) is 11.1 Å². The van der Waals surface area contributed by atoms with Crippen LogP contribution in [0.2, 0.25) is 5.02 Å². The average molecular weight is 331 g/mol. The van der Waals surface area contributed by atoms with Crippen molar-refractivity contribution in [1.82, 2.24) is 10.3 Å². The zero-order chi connectivity index (χ0) is 16.2. The zero-order valence-electron chi connectivity index (χ0n) is 12.3. The maximum atomic E-state index is 11.9. The summed E-state index contributed by atoms with van der Waals surface area (Å²) in [5.41, 5.74) is 3.14. The summed E-state index contributed by atoms with van der Waals surface area (Å²) >= 11 is 5.81.